The van der Waals surface area contributed by atoms with Crippen LogP contribution in [0.25, 0.3) is 0 Å². The first kappa shape index (κ1) is 19.2. The number of carbonyl (C=O) groups excluding carboxylic acids is 2. The molecule has 2 N–H and O–H groups in total. The smallest absolute Gasteiger partial charge is 0.338 e. The van der Waals surface area contributed by atoms with Crippen LogP contribution in [0.5, 0.6) is 5.75 Å². The molecule has 6 nitrogen and oxygen atoms in total. The van der Waals surface area contributed by atoms with E-state index in [2.05, 4.69) is 4.74 Å². The van der Waals surface area contributed by atoms with Gasteiger partial charge < -0.3 is 19.7 Å². The van der Waals surface area contributed by atoms with Gasteiger partial charge in [-0.05, 0) is 23.8 Å². The highest BCUT2D eigenvalue weighted by Crippen LogP contribution is 2.17. The Kier molecular flexibility index (Phi) is 7.45. The number of hydrogen-bond acceptors (Lipinski definition) is 5. The van der Waals surface area contributed by atoms with E-state index in [0.29, 0.717) is 11.3 Å². The van der Waals surface area contributed by atoms with Gasteiger partial charge in [-0.15, -0.1) is 0 Å². The molecule has 0 heterocycles. The molecule has 0 saturated carbocycles. The molecule has 0 fully saturated rings. The summed E-state index contributed by atoms with van der Waals surface area (Å²) in [5.74, 6) is -0.0263. The van der Waals surface area contributed by atoms with Crippen LogP contribution in [-0.2, 0) is 27.3 Å². The average molecular weight is 332 g/mol. The highest BCUT2D eigenvalue weighted by Gasteiger charge is 2.11. The summed E-state index contributed by atoms with van der Waals surface area (Å²) in [6.07, 6.45) is 0.224. The molecule has 0 aromatic heterocycles. The minimum Gasteiger partial charge on any atom is -0.489 e. The van der Waals surface area contributed by atoms with E-state index >= 15 is 0 Å². The van der Waals surface area contributed by atoms with E-state index in [0.717, 1.165) is 11.1 Å². The summed E-state index contributed by atoms with van der Waals surface area (Å²) in [5, 5.41) is 0. The summed E-state index contributed by atoms with van der Waals surface area (Å²) >= 11 is 0. The molecule has 0 atom stereocenters. The molecular weight excluding hydrogens is 312 g/mol. The van der Waals surface area contributed by atoms with Crippen molar-refractivity contribution in [3.05, 3.63) is 65.2 Å². The van der Waals surface area contributed by atoms with Gasteiger partial charge in [0.15, 0.2) is 0 Å². The minimum atomic E-state index is -0.391. The Morgan fingerprint density at radius 3 is 2.21 bits per heavy atom. The van der Waals surface area contributed by atoms with E-state index in [-0.39, 0.29) is 24.5 Å². The van der Waals surface area contributed by atoms with Crippen LogP contribution in [0.1, 0.15) is 21.5 Å². The molecule has 0 amide bonds. The van der Waals surface area contributed by atoms with E-state index in [4.69, 9.17) is 9.47 Å². The van der Waals surface area contributed by atoms with Gasteiger partial charge in [0, 0.05) is 5.56 Å². The monoisotopic (exact) mass is 332 g/mol. The zero-order valence-electron chi connectivity index (χ0n) is 13.6. The van der Waals surface area contributed by atoms with Crippen molar-refractivity contribution in [1.29, 1.82) is 0 Å². The molecule has 0 aliphatic rings. The first-order valence-corrected chi connectivity index (χ1v) is 7.09. The fourth-order valence-electron chi connectivity index (χ4n) is 2.06. The molecule has 0 unspecified atom stereocenters. The normalized spacial score (nSPS) is 9.58. The lowest BCUT2D eigenvalue weighted by Crippen LogP contribution is -2.08. The zero-order valence-corrected chi connectivity index (χ0v) is 13.6. The Morgan fingerprint density at radius 2 is 1.58 bits per heavy atom. The molecular formula is C18H20O6. The molecule has 0 aliphatic heterocycles. The summed E-state index contributed by atoms with van der Waals surface area (Å²) in [7, 11) is 2.71. The van der Waals surface area contributed by atoms with Gasteiger partial charge >= 0.3 is 11.9 Å². The Balaban J connectivity index is 0.00000288. The third kappa shape index (κ3) is 5.10. The molecule has 0 bridgehead atoms. The van der Waals surface area contributed by atoms with Gasteiger partial charge in [-0.2, -0.15) is 0 Å². The third-order valence-corrected chi connectivity index (χ3v) is 3.32. The summed E-state index contributed by atoms with van der Waals surface area (Å²) in [6.45, 7) is 0.252. The Morgan fingerprint density at radius 1 is 0.917 bits per heavy atom. The van der Waals surface area contributed by atoms with Crippen LogP contribution < -0.4 is 4.74 Å². The number of esters is 2. The predicted molar refractivity (Wildman–Crippen MR) is 87.9 cm³/mol. The van der Waals surface area contributed by atoms with Crippen molar-refractivity contribution in [2.45, 2.75) is 13.0 Å². The predicted octanol–water partition coefficient (Wildman–Crippen LogP) is 1.94. The maximum Gasteiger partial charge on any atom is 0.338 e. The van der Waals surface area contributed by atoms with Crippen molar-refractivity contribution in [2.75, 3.05) is 14.2 Å². The van der Waals surface area contributed by atoms with Crippen LogP contribution in [0.15, 0.2) is 48.5 Å². The standard InChI is InChI=1S/C18H18O5.H2O/c1-21-17(19)11-13-7-9-15(10-8-13)23-12-14-5-3-4-6-16(14)18(20)22-2;/h3-10H,11-12H2,1-2H3;1H2. The number of benzene rings is 2. The van der Waals surface area contributed by atoms with Crippen molar-refractivity contribution in [3.8, 4) is 5.75 Å². The number of methoxy groups -OCH3 is 2. The van der Waals surface area contributed by atoms with Gasteiger partial charge in [0.1, 0.15) is 12.4 Å². The van der Waals surface area contributed by atoms with Crippen LogP contribution in [0.3, 0.4) is 0 Å². The van der Waals surface area contributed by atoms with Gasteiger partial charge in [0.25, 0.3) is 0 Å². The van der Waals surface area contributed by atoms with Crippen LogP contribution >= 0.6 is 0 Å². The Bertz CT molecular complexity index is 678. The van der Waals surface area contributed by atoms with E-state index < -0.39 is 5.97 Å². The number of hydrogen-bond donors (Lipinski definition) is 0. The fourth-order valence-corrected chi connectivity index (χ4v) is 2.06. The van der Waals surface area contributed by atoms with Crippen molar-refractivity contribution < 1.29 is 29.3 Å². The van der Waals surface area contributed by atoms with Crippen LogP contribution in [-0.4, -0.2) is 31.6 Å². The molecule has 128 valence electrons. The van der Waals surface area contributed by atoms with Crippen molar-refractivity contribution in [3.63, 3.8) is 0 Å². The van der Waals surface area contributed by atoms with Gasteiger partial charge in [-0.1, -0.05) is 30.3 Å². The summed E-state index contributed by atoms with van der Waals surface area (Å²) in [4.78, 5) is 22.9. The first-order valence-electron chi connectivity index (χ1n) is 7.09. The highest BCUT2D eigenvalue weighted by atomic mass is 16.5. The maximum atomic E-state index is 11.7. The lowest BCUT2D eigenvalue weighted by molar-refractivity contribution is -0.139. The number of rotatable bonds is 6. The van der Waals surface area contributed by atoms with Gasteiger partial charge in [0.05, 0.1) is 26.2 Å². The van der Waals surface area contributed by atoms with E-state index in [1.807, 2.05) is 12.1 Å². The second-order valence-corrected chi connectivity index (χ2v) is 4.83. The van der Waals surface area contributed by atoms with Crippen LogP contribution in [0.2, 0.25) is 0 Å². The number of ether oxygens (including phenoxy) is 3. The van der Waals surface area contributed by atoms with Crippen LogP contribution in [0, 0.1) is 0 Å². The molecule has 24 heavy (non-hydrogen) atoms. The summed E-state index contributed by atoms with van der Waals surface area (Å²) in [6, 6.07) is 14.3. The Hall–Kier alpha value is -2.86. The van der Waals surface area contributed by atoms with E-state index in [1.54, 1.807) is 36.4 Å². The molecule has 0 radical (unpaired) electrons. The number of carbonyl (C=O) groups is 2. The van der Waals surface area contributed by atoms with Crippen molar-refractivity contribution in [2.24, 2.45) is 0 Å². The SMILES string of the molecule is COC(=O)Cc1ccc(OCc2ccccc2C(=O)OC)cc1.O. The quantitative estimate of drug-likeness (QED) is 0.754. The molecule has 2 aromatic rings. The Labute approximate surface area is 140 Å². The van der Waals surface area contributed by atoms with Crippen molar-refractivity contribution in [1.82, 2.24) is 0 Å². The summed E-state index contributed by atoms with van der Waals surface area (Å²) < 4.78 is 15.1. The first-order chi connectivity index (χ1) is 11.1. The second-order valence-electron chi connectivity index (χ2n) is 4.83. The molecule has 2 rings (SSSR count). The highest BCUT2D eigenvalue weighted by molar-refractivity contribution is 5.90. The minimum absolute atomic E-state index is 0. The average Bonchev–Trinajstić information content (AvgIpc) is 2.60. The maximum absolute atomic E-state index is 11.7. The molecule has 0 aliphatic carbocycles. The lowest BCUT2D eigenvalue weighted by atomic mass is 10.1. The third-order valence-electron chi connectivity index (χ3n) is 3.32. The van der Waals surface area contributed by atoms with Crippen molar-refractivity contribution >= 4 is 11.9 Å². The zero-order chi connectivity index (χ0) is 16.7. The largest absolute Gasteiger partial charge is 0.489 e. The fraction of sp³-hybridized carbons (Fsp3) is 0.222. The van der Waals surface area contributed by atoms with Gasteiger partial charge in [-0.25, -0.2) is 4.79 Å². The molecule has 6 heteroatoms. The lowest BCUT2D eigenvalue weighted by Gasteiger charge is -2.10. The second kappa shape index (κ2) is 9.32. The van der Waals surface area contributed by atoms with E-state index in [9.17, 15) is 9.59 Å². The van der Waals surface area contributed by atoms with Gasteiger partial charge in [0.2, 0.25) is 0 Å². The van der Waals surface area contributed by atoms with Crippen LogP contribution in [0.4, 0.5) is 0 Å². The van der Waals surface area contributed by atoms with E-state index in [1.165, 1.54) is 14.2 Å². The topological polar surface area (TPSA) is 93.3 Å². The van der Waals surface area contributed by atoms with Gasteiger partial charge in [-0.3, -0.25) is 4.79 Å². The molecule has 2 aromatic carbocycles. The molecule has 0 saturated heterocycles. The molecule has 0 spiro atoms. The summed E-state index contributed by atoms with van der Waals surface area (Å²) in [5.41, 5.74) is 2.08.